The zero-order valence-electron chi connectivity index (χ0n) is 18.9. The lowest BCUT2D eigenvalue weighted by molar-refractivity contribution is 0.101. The number of rotatable bonds is 6. The van der Waals surface area contributed by atoms with Crippen LogP contribution in [0.25, 0.3) is 11.3 Å². The van der Waals surface area contributed by atoms with Gasteiger partial charge in [0.15, 0.2) is 5.82 Å². The van der Waals surface area contributed by atoms with Gasteiger partial charge in [-0.15, -0.1) is 0 Å². The van der Waals surface area contributed by atoms with E-state index in [4.69, 9.17) is 0 Å². The van der Waals surface area contributed by atoms with E-state index in [1.165, 1.54) is 28.8 Å². The molecule has 0 bridgehead atoms. The molecule has 3 heterocycles. The second kappa shape index (κ2) is 8.58. The minimum absolute atomic E-state index is 0.0874. The fraction of sp³-hybridized carbons (Fsp3) is 0.500. The largest absolute Gasteiger partial charge is 0.296 e. The fourth-order valence-electron chi connectivity index (χ4n) is 4.39. The maximum Gasteiger partial charge on any atom is 0.253 e. The standard InChI is InChI=1S/C22H26F3N5O2S2/c1-27-21-20(30(33-27)14-16-12-22(16,24)25)6-5-19(26-21)17-11-15(3-4-18(17)23)13-28-7-9-29(10-8-28)34(2,31)32/h3-6,11,16H,7-10,12-14H2,1-2H3. The quantitative estimate of drug-likeness (QED) is 0.549. The third-order valence-electron chi connectivity index (χ3n) is 6.50. The number of anilines is 2. The lowest BCUT2D eigenvalue weighted by Crippen LogP contribution is -2.47. The Bertz CT molecular complexity index is 1210. The van der Waals surface area contributed by atoms with Crippen LogP contribution in [0, 0.1) is 11.7 Å². The van der Waals surface area contributed by atoms with E-state index in [1.807, 2.05) is 21.7 Å². The number of piperazine rings is 1. The lowest BCUT2D eigenvalue weighted by Gasteiger charge is -2.33. The molecular formula is C22H26F3N5O2S2. The summed E-state index contributed by atoms with van der Waals surface area (Å²) in [6, 6.07) is 8.47. The van der Waals surface area contributed by atoms with Crippen molar-refractivity contribution in [3.63, 3.8) is 0 Å². The van der Waals surface area contributed by atoms with Gasteiger partial charge in [0.25, 0.3) is 5.92 Å². The van der Waals surface area contributed by atoms with Gasteiger partial charge in [0.05, 0.1) is 29.8 Å². The lowest BCUT2D eigenvalue weighted by atomic mass is 10.1. The molecule has 0 radical (unpaired) electrons. The van der Waals surface area contributed by atoms with Crippen LogP contribution in [0.2, 0.25) is 0 Å². The Kier molecular flexibility index (Phi) is 5.98. The topological polar surface area (TPSA) is 60.0 Å². The third-order valence-corrected chi connectivity index (χ3v) is 8.76. The number of nitrogens with zero attached hydrogens (tertiary/aromatic N) is 5. The number of hydrogen-bond donors (Lipinski definition) is 0. The normalized spacial score (nSPS) is 22.8. The first-order valence-corrected chi connectivity index (χ1v) is 13.6. The molecule has 2 aliphatic heterocycles. The van der Waals surface area contributed by atoms with E-state index >= 15 is 0 Å². The molecular weight excluding hydrogens is 487 g/mol. The van der Waals surface area contributed by atoms with Crippen molar-refractivity contribution in [3.8, 4) is 11.3 Å². The predicted octanol–water partition coefficient (Wildman–Crippen LogP) is 3.44. The van der Waals surface area contributed by atoms with E-state index in [0.717, 1.165) is 11.3 Å². The monoisotopic (exact) mass is 513 g/mol. The van der Waals surface area contributed by atoms with Gasteiger partial charge in [-0.1, -0.05) is 6.07 Å². The average molecular weight is 514 g/mol. The van der Waals surface area contributed by atoms with Crippen molar-refractivity contribution in [1.82, 2.24) is 14.2 Å². The van der Waals surface area contributed by atoms with Gasteiger partial charge >= 0.3 is 0 Å². The summed E-state index contributed by atoms with van der Waals surface area (Å²) in [6.07, 6.45) is 1.13. The Hall–Kier alpha value is -2.02. The Morgan fingerprint density at radius 3 is 2.50 bits per heavy atom. The van der Waals surface area contributed by atoms with Crippen molar-refractivity contribution in [1.29, 1.82) is 0 Å². The Morgan fingerprint density at radius 1 is 1.15 bits per heavy atom. The molecule has 5 rings (SSSR count). The fourth-order valence-corrected chi connectivity index (χ4v) is 6.20. The zero-order chi connectivity index (χ0) is 24.3. The molecule has 1 aromatic carbocycles. The van der Waals surface area contributed by atoms with Crippen LogP contribution in [-0.4, -0.2) is 74.6 Å². The molecule has 184 valence electrons. The predicted molar refractivity (Wildman–Crippen MR) is 128 cm³/mol. The van der Waals surface area contributed by atoms with Gasteiger partial charge in [-0.2, -0.15) is 4.31 Å². The number of sulfonamides is 1. The number of hydrogen-bond acceptors (Lipinski definition) is 7. The number of fused-ring (bicyclic) bond motifs is 1. The molecule has 1 atom stereocenters. The summed E-state index contributed by atoms with van der Waals surface area (Å²) in [5, 5.41) is 0. The third kappa shape index (κ3) is 4.73. The molecule has 0 amide bonds. The van der Waals surface area contributed by atoms with Crippen molar-refractivity contribution >= 4 is 33.7 Å². The molecule has 2 aromatic rings. The molecule has 3 aliphatic rings. The first kappa shape index (κ1) is 23.7. The van der Waals surface area contributed by atoms with Crippen molar-refractivity contribution in [3.05, 3.63) is 41.7 Å². The minimum atomic E-state index is -3.19. The van der Waals surface area contributed by atoms with E-state index in [0.29, 0.717) is 49.8 Å². The molecule has 1 aromatic heterocycles. The summed E-state index contributed by atoms with van der Waals surface area (Å²) in [5.41, 5.74) is 2.51. The molecule has 1 saturated heterocycles. The van der Waals surface area contributed by atoms with Crippen LogP contribution >= 0.6 is 12.1 Å². The average Bonchev–Trinajstić information content (AvgIpc) is 3.26. The van der Waals surface area contributed by atoms with Gasteiger partial charge in [-0.25, -0.2) is 26.6 Å². The first-order valence-electron chi connectivity index (χ1n) is 11.1. The second-order valence-electron chi connectivity index (χ2n) is 9.09. The zero-order valence-corrected chi connectivity index (χ0v) is 20.5. The molecule has 2 fully saturated rings. The Labute approximate surface area is 201 Å². The molecule has 12 heteroatoms. The van der Waals surface area contributed by atoms with Gasteiger partial charge in [0.2, 0.25) is 10.0 Å². The van der Waals surface area contributed by atoms with Crippen LogP contribution in [-0.2, 0) is 16.6 Å². The van der Waals surface area contributed by atoms with Gasteiger partial charge in [-0.05, 0) is 29.8 Å². The summed E-state index contributed by atoms with van der Waals surface area (Å²) in [5.74, 6) is -3.00. The summed E-state index contributed by atoms with van der Waals surface area (Å²) in [6.45, 7) is 2.91. The smallest absolute Gasteiger partial charge is 0.253 e. The molecule has 1 aliphatic carbocycles. The van der Waals surface area contributed by atoms with Crippen LogP contribution in [0.15, 0.2) is 30.3 Å². The van der Waals surface area contributed by atoms with E-state index in [1.54, 1.807) is 18.2 Å². The second-order valence-corrected chi connectivity index (χ2v) is 12.2. The molecule has 7 nitrogen and oxygen atoms in total. The Morgan fingerprint density at radius 2 is 1.85 bits per heavy atom. The SMILES string of the molecule is CN1SN(CC2CC2(F)F)c2ccc(-c3cc(CN4CCN(S(C)(=O)=O)CC4)ccc3F)nc21. The number of benzene rings is 1. The number of halogens is 3. The van der Waals surface area contributed by atoms with Gasteiger partial charge < -0.3 is 0 Å². The number of aromatic nitrogens is 1. The highest BCUT2D eigenvalue weighted by atomic mass is 32.2. The van der Waals surface area contributed by atoms with E-state index < -0.39 is 21.9 Å². The summed E-state index contributed by atoms with van der Waals surface area (Å²) < 4.78 is 70.1. The molecule has 1 saturated carbocycles. The van der Waals surface area contributed by atoms with Crippen LogP contribution in [0.3, 0.4) is 0 Å². The van der Waals surface area contributed by atoms with E-state index in [9.17, 15) is 21.6 Å². The van der Waals surface area contributed by atoms with Gasteiger partial charge in [0.1, 0.15) is 5.82 Å². The summed E-state index contributed by atoms with van der Waals surface area (Å²) in [7, 11) is -1.38. The van der Waals surface area contributed by atoms with Crippen LogP contribution < -0.4 is 8.61 Å². The molecule has 1 unspecified atom stereocenters. The first-order chi connectivity index (χ1) is 16.0. The number of alkyl halides is 2. The van der Waals surface area contributed by atoms with Crippen LogP contribution in [0.1, 0.15) is 12.0 Å². The maximum atomic E-state index is 14.8. The van der Waals surface area contributed by atoms with E-state index in [2.05, 4.69) is 9.88 Å². The molecule has 0 N–H and O–H groups in total. The molecule has 0 spiro atoms. The minimum Gasteiger partial charge on any atom is -0.296 e. The highest BCUT2D eigenvalue weighted by Crippen LogP contribution is 2.52. The molecule has 34 heavy (non-hydrogen) atoms. The highest BCUT2D eigenvalue weighted by molar-refractivity contribution is 8.02. The summed E-state index contributed by atoms with van der Waals surface area (Å²) in [4.78, 5) is 6.80. The summed E-state index contributed by atoms with van der Waals surface area (Å²) >= 11 is 1.32. The highest BCUT2D eigenvalue weighted by Gasteiger charge is 2.57. The number of pyridine rings is 1. The van der Waals surface area contributed by atoms with Crippen LogP contribution in [0.4, 0.5) is 24.7 Å². The van der Waals surface area contributed by atoms with Gasteiger partial charge in [-0.3, -0.25) is 13.5 Å². The van der Waals surface area contributed by atoms with Crippen molar-refractivity contribution in [2.24, 2.45) is 5.92 Å². The van der Waals surface area contributed by atoms with E-state index in [-0.39, 0.29) is 18.8 Å². The van der Waals surface area contributed by atoms with Crippen molar-refractivity contribution in [2.75, 3.05) is 54.6 Å². The van der Waals surface area contributed by atoms with Crippen LogP contribution in [0.5, 0.6) is 0 Å². The van der Waals surface area contributed by atoms with Crippen molar-refractivity contribution < 1.29 is 21.6 Å². The van der Waals surface area contributed by atoms with Gasteiger partial charge in [0, 0.05) is 64.2 Å². The maximum absolute atomic E-state index is 14.8. The van der Waals surface area contributed by atoms with Crippen molar-refractivity contribution in [2.45, 2.75) is 18.9 Å². The Balaban J connectivity index is 1.32.